The molecule has 3 N–H and O–H groups in total. The first-order valence-electron chi connectivity index (χ1n) is 11.0. The van der Waals surface area contributed by atoms with Crippen LogP contribution in [0.3, 0.4) is 0 Å². The summed E-state index contributed by atoms with van der Waals surface area (Å²) in [4.78, 5) is 32.5. The molecule has 0 aliphatic carbocycles. The lowest BCUT2D eigenvalue weighted by atomic mass is 10.1. The SMILES string of the molecule is O=C(CNC(=O)C(c1nc2cc(F)cc(-c3ccc(F)nc3)c2s1)S(=O)(=O)c1ccc(F)cc1)NCCO. The van der Waals surface area contributed by atoms with E-state index in [4.69, 9.17) is 5.11 Å². The van der Waals surface area contributed by atoms with Crippen molar-refractivity contribution in [3.05, 3.63) is 77.3 Å². The number of pyridine rings is 1. The molecule has 0 spiro atoms. The van der Waals surface area contributed by atoms with Crippen molar-refractivity contribution in [2.75, 3.05) is 19.7 Å². The molecule has 0 saturated heterocycles. The zero-order chi connectivity index (χ0) is 27.4. The summed E-state index contributed by atoms with van der Waals surface area (Å²) in [6.07, 6.45) is 1.17. The number of aromatic nitrogens is 2. The van der Waals surface area contributed by atoms with Gasteiger partial charge in [0.1, 0.15) is 16.6 Å². The van der Waals surface area contributed by atoms with Crippen molar-refractivity contribution >= 4 is 43.2 Å². The van der Waals surface area contributed by atoms with Crippen molar-refractivity contribution in [3.8, 4) is 11.1 Å². The van der Waals surface area contributed by atoms with Crippen LogP contribution in [0.5, 0.6) is 0 Å². The summed E-state index contributed by atoms with van der Waals surface area (Å²) in [6, 6.07) is 8.44. The maximum Gasteiger partial charge on any atom is 0.246 e. The van der Waals surface area contributed by atoms with E-state index in [1.807, 2.05) is 0 Å². The maximum atomic E-state index is 14.5. The molecule has 1 unspecified atom stereocenters. The van der Waals surface area contributed by atoms with Gasteiger partial charge >= 0.3 is 0 Å². The largest absolute Gasteiger partial charge is 0.395 e. The number of carbonyl (C=O) groups excluding carboxylic acids is 2. The highest BCUT2D eigenvalue weighted by atomic mass is 32.2. The number of aliphatic hydroxyl groups is 1. The summed E-state index contributed by atoms with van der Waals surface area (Å²) in [5, 5.41) is 11.2. The number of rotatable bonds is 9. The van der Waals surface area contributed by atoms with Gasteiger partial charge in [-0.25, -0.2) is 27.2 Å². The molecule has 0 saturated carbocycles. The van der Waals surface area contributed by atoms with Gasteiger partial charge in [-0.05, 0) is 42.5 Å². The number of sulfone groups is 1. The monoisotopic (exact) mass is 564 g/mol. The van der Waals surface area contributed by atoms with E-state index in [0.29, 0.717) is 10.3 Å². The fraction of sp³-hybridized carbons (Fsp3) is 0.167. The average Bonchev–Trinajstić information content (AvgIpc) is 3.29. The lowest BCUT2D eigenvalue weighted by Crippen LogP contribution is -2.41. The molecule has 2 heterocycles. The quantitative estimate of drug-likeness (QED) is 0.210. The fourth-order valence-corrected chi connectivity index (χ4v) is 6.60. The maximum absolute atomic E-state index is 14.5. The highest BCUT2D eigenvalue weighted by molar-refractivity contribution is 7.92. The minimum absolute atomic E-state index is 0.0390. The molecule has 0 fully saturated rings. The number of aliphatic hydroxyl groups excluding tert-OH is 1. The summed E-state index contributed by atoms with van der Waals surface area (Å²) in [6.45, 7) is -1.01. The number of fused-ring (bicyclic) bond motifs is 1. The smallest absolute Gasteiger partial charge is 0.246 e. The number of hydrogen-bond acceptors (Lipinski definition) is 8. The molecule has 2 amide bonds. The van der Waals surface area contributed by atoms with Gasteiger partial charge < -0.3 is 15.7 Å². The van der Waals surface area contributed by atoms with Gasteiger partial charge in [0.15, 0.2) is 15.1 Å². The van der Waals surface area contributed by atoms with Gasteiger partial charge in [-0.3, -0.25) is 9.59 Å². The normalized spacial score (nSPS) is 12.3. The molecule has 4 rings (SSSR count). The van der Waals surface area contributed by atoms with E-state index in [0.717, 1.165) is 53.8 Å². The molecule has 0 aliphatic heterocycles. The van der Waals surface area contributed by atoms with Crippen LogP contribution < -0.4 is 10.6 Å². The molecule has 0 bridgehead atoms. The van der Waals surface area contributed by atoms with Gasteiger partial charge in [0, 0.05) is 29.9 Å². The average molecular weight is 565 g/mol. The Bertz CT molecular complexity index is 1590. The van der Waals surface area contributed by atoms with E-state index in [2.05, 4.69) is 20.6 Å². The number of halogens is 3. The minimum Gasteiger partial charge on any atom is -0.395 e. The van der Waals surface area contributed by atoms with Gasteiger partial charge in [-0.2, -0.15) is 4.39 Å². The van der Waals surface area contributed by atoms with Crippen LogP contribution in [-0.2, 0) is 19.4 Å². The van der Waals surface area contributed by atoms with Crippen molar-refractivity contribution in [3.63, 3.8) is 0 Å². The van der Waals surface area contributed by atoms with E-state index < -0.39 is 51.0 Å². The van der Waals surface area contributed by atoms with E-state index >= 15 is 0 Å². The van der Waals surface area contributed by atoms with Crippen LogP contribution >= 0.6 is 11.3 Å². The van der Waals surface area contributed by atoms with Gasteiger partial charge in [0.05, 0.1) is 28.3 Å². The number of amides is 2. The molecule has 0 radical (unpaired) electrons. The lowest BCUT2D eigenvalue weighted by molar-refractivity contribution is -0.126. The first-order valence-corrected chi connectivity index (χ1v) is 13.3. The van der Waals surface area contributed by atoms with Crippen LogP contribution in [0.15, 0.2) is 59.6 Å². The van der Waals surface area contributed by atoms with Crippen LogP contribution in [0, 0.1) is 17.6 Å². The Kier molecular flexibility index (Phi) is 8.04. The van der Waals surface area contributed by atoms with E-state index in [1.165, 1.54) is 12.3 Å². The van der Waals surface area contributed by atoms with E-state index in [1.54, 1.807) is 0 Å². The van der Waals surface area contributed by atoms with Crippen molar-refractivity contribution in [2.24, 2.45) is 0 Å². The number of nitrogens with zero attached hydrogens (tertiary/aromatic N) is 2. The summed E-state index contributed by atoms with van der Waals surface area (Å²) in [5.41, 5.74) is 0.615. The number of nitrogens with one attached hydrogen (secondary N) is 2. The molecule has 0 aliphatic rings. The minimum atomic E-state index is -4.53. The third kappa shape index (κ3) is 5.82. The zero-order valence-electron chi connectivity index (χ0n) is 19.3. The number of thiazole rings is 1. The number of hydrogen-bond donors (Lipinski definition) is 3. The molecule has 14 heteroatoms. The second kappa shape index (κ2) is 11.2. The van der Waals surface area contributed by atoms with Crippen LogP contribution in [0.1, 0.15) is 10.3 Å². The van der Waals surface area contributed by atoms with Crippen molar-refractivity contribution in [1.29, 1.82) is 0 Å². The molecule has 4 aromatic rings. The van der Waals surface area contributed by atoms with Crippen LogP contribution in [0.4, 0.5) is 13.2 Å². The van der Waals surface area contributed by atoms with Gasteiger partial charge in [0.2, 0.25) is 17.8 Å². The first kappa shape index (κ1) is 27.2. The van der Waals surface area contributed by atoms with Gasteiger partial charge in [0.25, 0.3) is 0 Å². The summed E-state index contributed by atoms with van der Waals surface area (Å²) < 4.78 is 68.7. The Labute approximate surface area is 218 Å². The Morgan fingerprint density at radius 3 is 2.39 bits per heavy atom. The molecule has 1 atom stereocenters. The first-order chi connectivity index (χ1) is 18.1. The highest BCUT2D eigenvalue weighted by Gasteiger charge is 2.38. The second-order valence-corrected chi connectivity index (χ2v) is 11.0. The molecule has 198 valence electrons. The highest BCUT2D eigenvalue weighted by Crippen LogP contribution is 2.39. The molecular formula is C24H19F3N4O5S2. The van der Waals surface area contributed by atoms with E-state index in [9.17, 15) is 31.2 Å². The second-order valence-electron chi connectivity index (χ2n) is 7.89. The Morgan fingerprint density at radius 2 is 1.74 bits per heavy atom. The molecule has 2 aromatic carbocycles. The molecular weight excluding hydrogens is 545 g/mol. The predicted molar refractivity (Wildman–Crippen MR) is 132 cm³/mol. The van der Waals surface area contributed by atoms with Crippen LogP contribution in [0.25, 0.3) is 21.3 Å². The Balaban J connectivity index is 1.81. The van der Waals surface area contributed by atoms with Crippen LogP contribution in [0.2, 0.25) is 0 Å². The predicted octanol–water partition coefficient (Wildman–Crippen LogP) is 2.52. The van der Waals surface area contributed by atoms with Crippen molar-refractivity contribution in [2.45, 2.75) is 10.1 Å². The Hall–Kier alpha value is -3.88. The summed E-state index contributed by atoms with van der Waals surface area (Å²) >= 11 is 0.794. The molecule has 2 aromatic heterocycles. The van der Waals surface area contributed by atoms with Gasteiger partial charge in [-0.15, -0.1) is 11.3 Å². The van der Waals surface area contributed by atoms with Crippen molar-refractivity contribution in [1.82, 2.24) is 20.6 Å². The summed E-state index contributed by atoms with van der Waals surface area (Å²) in [7, 11) is -4.53. The van der Waals surface area contributed by atoms with E-state index in [-0.39, 0.29) is 34.1 Å². The third-order valence-electron chi connectivity index (χ3n) is 5.28. The third-order valence-corrected chi connectivity index (χ3v) is 8.59. The van der Waals surface area contributed by atoms with Crippen molar-refractivity contribution < 1.29 is 36.3 Å². The molecule has 9 nitrogen and oxygen atoms in total. The zero-order valence-corrected chi connectivity index (χ0v) is 21.0. The topological polar surface area (TPSA) is 138 Å². The fourth-order valence-electron chi connectivity index (χ4n) is 3.54. The standard InChI is InChI=1S/C24H19F3N4O5S2/c25-14-2-4-16(5-3-14)38(35,36)22(23(34)30-12-20(33)28-7-8-32)24-31-18-10-15(26)9-17(21(18)37-24)13-1-6-19(27)29-11-13/h1-6,9-11,22,32H,7-8,12H2,(H,28,33)(H,30,34). The molecule has 38 heavy (non-hydrogen) atoms. The lowest BCUT2D eigenvalue weighted by Gasteiger charge is -2.16. The van der Waals surface area contributed by atoms with Gasteiger partial charge in [-0.1, -0.05) is 0 Å². The number of benzene rings is 2. The van der Waals surface area contributed by atoms with Crippen LogP contribution in [-0.4, -0.2) is 55.0 Å². The number of carbonyl (C=O) groups is 2. The Morgan fingerprint density at radius 1 is 1.00 bits per heavy atom. The summed E-state index contributed by atoms with van der Waals surface area (Å²) in [5.74, 6) is -3.94.